The van der Waals surface area contributed by atoms with Gasteiger partial charge in [-0.3, -0.25) is 4.68 Å². The summed E-state index contributed by atoms with van der Waals surface area (Å²) in [6.07, 6.45) is 1.79. The number of sulfonamides is 1. The molecule has 0 fully saturated rings. The number of ether oxygens (including phenoxy) is 1. The Balaban J connectivity index is 1.78. The van der Waals surface area contributed by atoms with E-state index in [1.54, 1.807) is 42.6 Å². The Labute approximate surface area is 171 Å². The van der Waals surface area contributed by atoms with Gasteiger partial charge in [-0.05, 0) is 65.0 Å². The molecule has 9 heteroatoms. The van der Waals surface area contributed by atoms with Crippen molar-refractivity contribution in [3.05, 3.63) is 53.6 Å². The summed E-state index contributed by atoms with van der Waals surface area (Å²) in [7, 11) is -2.11. The standard InChI is InChI=1S/C20H27N5O3S/c1-14-19(15(2)25(22-14)20(3,4)5)29(26,27)21-13-16-11-12-24(23-16)17-7-9-18(28-6)10-8-17/h7-12,21H,13H2,1-6H3. The summed E-state index contributed by atoms with van der Waals surface area (Å²) in [4.78, 5) is 0.224. The van der Waals surface area contributed by atoms with E-state index in [1.807, 2.05) is 45.0 Å². The highest BCUT2D eigenvalue weighted by atomic mass is 32.2. The van der Waals surface area contributed by atoms with Crippen molar-refractivity contribution in [3.8, 4) is 11.4 Å². The van der Waals surface area contributed by atoms with Gasteiger partial charge in [-0.1, -0.05) is 0 Å². The molecular weight excluding hydrogens is 390 g/mol. The van der Waals surface area contributed by atoms with Crippen LogP contribution in [-0.2, 0) is 22.1 Å². The number of aromatic nitrogens is 4. The van der Waals surface area contributed by atoms with Gasteiger partial charge in [0.1, 0.15) is 10.6 Å². The second-order valence-corrected chi connectivity index (χ2v) is 9.56. The minimum atomic E-state index is -3.72. The number of aryl methyl sites for hydroxylation is 1. The number of hydrogen-bond acceptors (Lipinski definition) is 5. The molecule has 29 heavy (non-hydrogen) atoms. The summed E-state index contributed by atoms with van der Waals surface area (Å²) in [5.41, 5.74) is 2.26. The molecule has 3 rings (SSSR count). The van der Waals surface area contributed by atoms with Crippen molar-refractivity contribution in [2.24, 2.45) is 0 Å². The van der Waals surface area contributed by atoms with Gasteiger partial charge in [0.25, 0.3) is 0 Å². The van der Waals surface area contributed by atoms with Gasteiger partial charge in [0.05, 0.1) is 42.0 Å². The molecule has 0 aliphatic rings. The predicted octanol–water partition coefficient (Wildman–Crippen LogP) is 2.93. The third kappa shape index (κ3) is 4.35. The van der Waals surface area contributed by atoms with Crippen LogP contribution in [0.3, 0.4) is 0 Å². The Hall–Kier alpha value is -2.65. The Bertz CT molecular complexity index is 1110. The van der Waals surface area contributed by atoms with E-state index >= 15 is 0 Å². The highest BCUT2D eigenvalue weighted by Gasteiger charge is 2.28. The second kappa shape index (κ2) is 7.64. The van der Waals surface area contributed by atoms with Gasteiger partial charge < -0.3 is 4.74 Å². The van der Waals surface area contributed by atoms with E-state index in [0.29, 0.717) is 17.1 Å². The minimum Gasteiger partial charge on any atom is -0.497 e. The monoisotopic (exact) mass is 417 g/mol. The normalized spacial score (nSPS) is 12.3. The predicted molar refractivity (Wildman–Crippen MR) is 111 cm³/mol. The molecule has 2 heterocycles. The van der Waals surface area contributed by atoms with Crippen molar-refractivity contribution in [1.29, 1.82) is 0 Å². The molecule has 0 saturated carbocycles. The van der Waals surface area contributed by atoms with Gasteiger partial charge in [0.2, 0.25) is 10.0 Å². The molecule has 0 radical (unpaired) electrons. The number of methoxy groups -OCH3 is 1. The third-order valence-corrected chi connectivity index (χ3v) is 6.21. The van der Waals surface area contributed by atoms with Crippen LogP contribution in [0.2, 0.25) is 0 Å². The van der Waals surface area contributed by atoms with Crippen molar-refractivity contribution in [2.45, 2.75) is 51.6 Å². The van der Waals surface area contributed by atoms with E-state index < -0.39 is 10.0 Å². The first-order chi connectivity index (χ1) is 13.5. The zero-order chi connectivity index (χ0) is 21.4. The van der Waals surface area contributed by atoms with Gasteiger partial charge in [0, 0.05) is 6.20 Å². The zero-order valence-electron chi connectivity index (χ0n) is 17.6. The van der Waals surface area contributed by atoms with Gasteiger partial charge in [-0.25, -0.2) is 17.8 Å². The van der Waals surface area contributed by atoms with Crippen molar-refractivity contribution < 1.29 is 13.2 Å². The average molecular weight is 418 g/mol. The fraction of sp³-hybridized carbons (Fsp3) is 0.400. The lowest BCUT2D eigenvalue weighted by molar-refractivity contribution is 0.345. The zero-order valence-corrected chi connectivity index (χ0v) is 18.4. The van der Waals surface area contributed by atoms with Crippen LogP contribution in [0, 0.1) is 13.8 Å². The van der Waals surface area contributed by atoms with Crippen molar-refractivity contribution in [1.82, 2.24) is 24.3 Å². The molecule has 0 unspecified atom stereocenters. The van der Waals surface area contributed by atoms with Gasteiger partial charge in [-0.2, -0.15) is 10.2 Å². The van der Waals surface area contributed by atoms with Gasteiger partial charge in [-0.15, -0.1) is 0 Å². The molecule has 0 spiro atoms. The highest BCUT2D eigenvalue weighted by Crippen LogP contribution is 2.25. The SMILES string of the molecule is COc1ccc(-n2ccc(CNS(=O)(=O)c3c(C)nn(C(C)(C)C)c3C)n2)cc1. The van der Waals surface area contributed by atoms with E-state index in [-0.39, 0.29) is 17.0 Å². The first kappa shape index (κ1) is 21.1. The maximum Gasteiger partial charge on any atom is 0.244 e. The van der Waals surface area contributed by atoms with Crippen LogP contribution < -0.4 is 9.46 Å². The first-order valence-electron chi connectivity index (χ1n) is 9.28. The largest absolute Gasteiger partial charge is 0.497 e. The summed E-state index contributed by atoms with van der Waals surface area (Å²) >= 11 is 0. The van der Waals surface area contributed by atoms with E-state index in [0.717, 1.165) is 11.4 Å². The Morgan fingerprint density at radius 1 is 1.07 bits per heavy atom. The van der Waals surface area contributed by atoms with Crippen LogP contribution in [0.1, 0.15) is 37.9 Å². The van der Waals surface area contributed by atoms with Crippen LogP contribution in [0.4, 0.5) is 0 Å². The highest BCUT2D eigenvalue weighted by molar-refractivity contribution is 7.89. The Kier molecular flexibility index (Phi) is 5.55. The van der Waals surface area contributed by atoms with E-state index in [2.05, 4.69) is 14.9 Å². The minimum absolute atomic E-state index is 0.0884. The number of rotatable bonds is 6. The molecule has 8 nitrogen and oxygen atoms in total. The van der Waals surface area contributed by atoms with Crippen LogP contribution in [0.5, 0.6) is 5.75 Å². The summed E-state index contributed by atoms with van der Waals surface area (Å²) in [5, 5.41) is 8.88. The summed E-state index contributed by atoms with van der Waals surface area (Å²) in [5.74, 6) is 0.760. The van der Waals surface area contributed by atoms with E-state index in [9.17, 15) is 8.42 Å². The van der Waals surface area contributed by atoms with E-state index in [4.69, 9.17) is 4.74 Å². The van der Waals surface area contributed by atoms with Gasteiger partial charge in [0.15, 0.2) is 0 Å². The van der Waals surface area contributed by atoms with Crippen LogP contribution in [0.25, 0.3) is 5.69 Å². The molecule has 0 bridgehead atoms. The molecule has 0 amide bonds. The maximum atomic E-state index is 12.9. The maximum absolute atomic E-state index is 12.9. The summed E-state index contributed by atoms with van der Waals surface area (Å²) < 4.78 is 37.1. The number of nitrogens with zero attached hydrogens (tertiary/aromatic N) is 4. The molecular formula is C20H27N5O3S. The molecule has 0 aliphatic heterocycles. The molecule has 1 aromatic carbocycles. The smallest absolute Gasteiger partial charge is 0.244 e. The van der Waals surface area contributed by atoms with Crippen LogP contribution >= 0.6 is 0 Å². The van der Waals surface area contributed by atoms with Crippen molar-refractivity contribution in [3.63, 3.8) is 0 Å². The van der Waals surface area contributed by atoms with Crippen molar-refractivity contribution >= 4 is 10.0 Å². The van der Waals surface area contributed by atoms with Gasteiger partial charge >= 0.3 is 0 Å². The molecule has 156 valence electrons. The topological polar surface area (TPSA) is 91.0 Å². The number of nitrogens with one attached hydrogen (secondary N) is 1. The Morgan fingerprint density at radius 2 is 1.72 bits per heavy atom. The fourth-order valence-electron chi connectivity index (χ4n) is 3.25. The molecule has 0 atom stereocenters. The lowest BCUT2D eigenvalue weighted by Crippen LogP contribution is -2.27. The fourth-order valence-corrected chi connectivity index (χ4v) is 4.63. The lowest BCUT2D eigenvalue weighted by Gasteiger charge is -2.21. The second-order valence-electron chi connectivity index (χ2n) is 7.86. The van der Waals surface area contributed by atoms with Crippen LogP contribution in [-0.4, -0.2) is 35.1 Å². The first-order valence-corrected chi connectivity index (χ1v) is 10.8. The lowest BCUT2D eigenvalue weighted by atomic mass is 10.1. The molecule has 0 aliphatic carbocycles. The summed E-state index contributed by atoms with van der Waals surface area (Å²) in [6, 6.07) is 9.24. The molecule has 3 aromatic rings. The quantitative estimate of drug-likeness (QED) is 0.666. The van der Waals surface area contributed by atoms with E-state index in [1.165, 1.54) is 0 Å². The molecule has 1 N–H and O–H groups in total. The third-order valence-electron chi connectivity index (χ3n) is 4.55. The Morgan fingerprint density at radius 3 is 2.28 bits per heavy atom. The van der Waals surface area contributed by atoms with Crippen molar-refractivity contribution in [2.75, 3.05) is 7.11 Å². The number of hydrogen-bond donors (Lipinski definition) is 1. The number of benzene rings is 1. The molecule has 2 aromatic heterocycles. The van der Waals surface area contributed by atoms with Crippen LogP contribution in [0.15, 0.2) is 41.4 Å². The summed E-state index contributed by atoms with van der Waals surface area (Å²) in [6.45, 7) is 9.54. The molecule has 0 saturated heterocycles. The average Bonchev–Trinajstić information content (AvgIpc) is 3.24.